The highest BCUT2D eigenvalue weighted by Crippen LogP contribution is 2.42. The molecule has 440 valence electrons. The molecule has 0 spiro atoms. The Hall–Kier alpha value is -1.24. The quantitative estimate of drug-likeness (QED) is 0.0448. The zero-order valence-corrected chi connectivity index (χ0v) is 51.5. The Bertz CT molecular complexity index is 1340. The molecule has 2 saturated heterocycles. The summed E-state index contributed by atoms with van der Waals surface area (Å²) in [5.41, 5.74) is -0.151. The first-order chi connectivity index (χ1) is 36.8. The second-order valence-corrected chi connectivity index (χ2v) is 24.3. The Morgan fingerprint density at radius 3 is 1.12 bits per heavy atom. The SMILES string of the molecule is CCCCCC=CCC=CCCCCCCCCC1(CCCCCCCCCCCC)OC(CCCC2(C)CCOC(CCCCCCCCC=CCC=CCCCCC)(CCCCCCCCCC)O2)CN(C)O1. The Morgan fingerprint density at radius 1 is 0.387 bits per heavy atom. The first-order valence-electron chi connectivity index (χ1n) is 33.9. The van der Waals surface area contributed by atoms with Gasteiger partial charge in [-0.15, -0.1) is 0 Å². The van der Waals surface area contributed by atoms with Crippen LogP contribution in [0.4, 0.5) is 0 Å². The van der Waals surface area contributed by atoms with Crippen LogP contribution in [-0.2, 0) is 19.0 Å². The second kappa shape index (κ2) is 49.8. The van der Waals surface area contributed by atoms with E-state index >= 15 is 0 Å². The maximum Gasteiger partial charge on any atom is 0.188 e. The van der Waals surface area contributed by atoms with Crippen LogP contribution in [-0.4, -0.2) is 48.5 Å². The first-order valence-corrected chi connectivity index (χ1v) is 33.9. The minimum absolute atomic E-state index is 0.151. The van der Waals surface area contributed by atoms with Gasteiger partial charge < -0.3 is 14.2 Å². The van der Waals surface area contributed by atoms with E-state index in [1.165, 1.54) is 257 Å². The Kier molecular flexibility index (Phi) is 46.4. The summed E-state index contributed by atoms with van der Waals surface area (Å²) in [6, 6.07) is 0. The average Bonchev–Trinajstić information content (AvgIpc) is 3.39. The predicted octanol–water partition coefficient (Wildman–Crippen LogP) is 23.3. The molecule has 0 saturated carbocycles. The molecule has 75 heavy (non-hydrogen) atoms. The van der Waals surface area contributed by atoms with Crippen molar-refractivity contribution >= 4 is 0 Å². The molecule has 0 aromatic heterocycles. The van der Waals surface area contributed by atoms with Gasteiger partial charge in [0, 0.05) is 32.7 Å². The summed E-state index contributed by atoms with van der Waals surface area (Å²) >= 11 is 0. The molecule has 2 aliphatic heterocycles. The van der Waals surface area contributed by atoms with Crippen LogP contribution < -0.4 is 0 Å². The molecule has 0 aliphatic carbocycles. The maximum absolute atomic E-state index is 7.34. The molecule has 0 N–H and O–H groups in total. The highest BCUT2D eigenvalue weighted by molar-refractivity contribution is 4.94. The Balaban J connectivity index is 1.91. The number of rotatable bonds is 54. The van der Waals surface area contributed by atoms with E-state index in [2.05, 4.69) is 95.3 Å². The summed E-state index contributed by atoms with van der Waals surface area (Å²) < 4.78 is 21.3. The summed E-state index contributed by atoms with van der Waals surface area (Å²) in [6.45, 7) is 13.3. The standard InChI is InChI=1S/C70H131NO4/c1-7-11-15-19-23-27-30-32-34-36-38-40-43-46-50-54-61-69(60-53-49-45-26-22-18-14-10-4)72-65-64-68(5,74-69)59-57-58-67-66-71(6)75-70(73-67,62-55-51-47-42-29-25-21-17-13-9-3)63-56-52-48-44-41-39-37-35-33-31-28-24-20-16-12-8-2/h23-24,27-28,32-35,67H,7-22,25-26,29-31,36-66H2,1-6H3. The minimum atomic E-state index is -0.487. The van der Waals surface area contributed by atoms with Crippen LogP contribution in [0.3, 0.4) is 0 Å². The fourth-order valence-electron chi connectivity index (χ4n) is 11.9. The number of hydroxylamine groups is 2. The summed E-state index contributed by atoms with van der Waals surface area (Å²) in [7, 11) is 2.16. The molecule has 2 rings (SSSR count). The predicted molar refractivity (Wildman–Crippen MR) is 330 cm³/mol. The number of hydrogen-bond acceptors (Lipinski definition) is 5. The summed E-state index contributed by atoms with van der Waals surface area (Å²) in [5.74, 6) is -0.912. The summed E-state index contributed by atoms with van der Waals surface area (Å²) in [5, 5.41) is 2.15. The lowest BCUT2D eigenvalue weighted by atomic mass is 9.90. The van der Waals surface area contributed by atoms with Crippen molar-refractivity contribution in [1.29, 1.82) is 0 Å². The lowest BCUT2D eigenvalue weighted by Gasteiger charge is -2.48. The summed E-state index contributed by atoms with van der Waals surface area (Å²) in [4.78, 5) is 6.79. The molecule has 2 aliphatic rings. The van der Waals surface area contributed by atoms with E-state index < -0.39 is 11.6 Å². The number of ether oxygens (including phenoxy) is 3. The highest BCUT2D eigenvalue weighted by atomic mass is 16.8. The van der Waals surface area contributed by atoms with Gasteiger partial charge in [-0.3, -0.25) is 4.84 Å². The summed E-state index contributed by atoms with van der Waals surface area (Å²) in [6.07, 6.45) is 82.4. The monoisotopic (exact) mass is 1050 g/mol. The highest BCUT2D eigenvalue weighted by Gasteiger charge is 2.44. The van der Waals surface area contributed by atoms with E-state index in [9.17, 15) is 0 Å². The fraction of sp³-hybridized carbons (Fsp3) is 0.886. The van der Waals surface area contributed by atoms with Crippen LogP contribution >= 0.6 is 0 Å². The van der Waals surface area contributed by atoms with Crippen molar-refractivity contribution in [3.63, 3.8) is 0 Å². The van der Waals surface area contributed by atoms with Crippen LogP contribution in [0.2, 0.25) is 0 Å². The van der Waals surface area contributed by atoms with E-state index in [1.807, 2.05) is 0 Å². The normalized spacial score (nSPS) is 21.9. The molecule has 4 atom stereocenters. The Morgan fingerprint density at radius 2 is 0.720 bits per heavy atom. The van der Waals surface area contributed by atoms with Crippen LogP contribution in [0.15, 0.2) is 48.6 Å². The largest absolute Gasteiger partial charge is 0.350 e. The van der Waals surface area contributed by atoms with Gasteiger partial charge in [-0.25, -0.2) is 0 Å². The molecular formula is C70H131NO4. The van der Waals surface area contributed by atoms with E-state index in [0.717, 1.165) is 77.4 Å². The van der Waals surface area contributed by atoms with Gasteiger partial charge in [0.25, 0.3) is 0 Å². The van der Waals surface area contributed by atoms with Crippen LogP contribution in [0.25, 0.3) is 0 Å². The van der Waals surface area contributed by atoms with Gasteiger partial charge in [0.1, 0.15) is 0 Å². The van der Waals surface area contributed by atoms with Crippen molar-refractivity contribution < 1.29 is 19.0 Å². The molecule has 0 aromatic rings. The van der Waals surface area contributed by atoms with Gasteiger partial charge >= 0.3 is 0 Å². The van der Waals surface area contributed by atoms with Crippen LogP contribution in [0.5, 0.6) is 0 Å². The maximum atomic E-state index is 7.34. The van der Waals surface area contributed by atoms with Crippen molar-refractivity contribution in [3.05, 3.63) is 48.6 Å². The third-order valence-corrected chi connectivity index (χ3v) is 16.7. The third kappa shape index (κ3) is 39.7. The number of likely N-dealkylation sites (N-methyl/N-ethyl adjacent to an activating group) is 1. The molecule has 2 heterocycles. The van der Waals surface area contributed by atoms with Gasteiger partial charge in [-0.1, -0.05) is 256 Å². The van der Waals surface area contributed by atoms with Crippen molar-refractivity contribution in [2.24, 2.45) is 0 Å². The average molecular weight is 1050 g/mol. The second-order valence-electron chi connectivity index (χ2n) is 24.3. The molecule has 0 amide bonds. The minimum Gasteiger partial charge on any atom is -0.350 e. The van der Waals surface area contributed by atoms with Crippen LogP contribution in [0.1, 0.15) is 356 Å². The lowest BCUT2D eigenvalue weighted by molar-refractivity contribution is -0.399. The van der Waals surface area contributed by atoms with Gasteiger partial charge in [0.2, 0.25) is 0 Å². The Labute approximate surface area is 469 Å². The van der Waals surface area contributed by atoms with E-state index in [4.69, 9.17) is 19.0 Å². The van der Waals surface area contributed by atoms with Crippen molar-refractivity contribution in [2.75, 3.05) is 20.2 Å². The number of hydrogen-bond donors (Lipinski definition) is 0. The number of unbranched alkanes of at least 4 members (excludes halogenated alkanes) is 34. The van der Waals surface area contributed by atoms with Crippen LogP contribution in [0, 0.1) is 0 Å². The molecule has 0 bridgehead atoms. The van der Waals surface area contributed by atoms with Gasteiger partial charge in [0.15, 0.2) is 11.6 Å². The fourth-order valence-corrected chi connectivity index (χ4v) is 11.9. The number of nitrogens with zero attached hydrogens (tertiary/aromatic N) is 1. The zero-order valence-electron chi connectivity index (χ0n) is 51.5. The topological polar surface area (TPSA) is 40.2 Å². The smallest absolute Gasteiger partial charge is 0.188 e. The number of allylic oxidation sites excluding steroid dienone is 8. The van der Waals surface area contributed by atoms with Gasteiger partial charge in [-0.2, -0.15) is 5.06 Å². The van der Waals surface area contributed by atoms with E-state index in [0.29, 0.717) is 0 Å². The van der Waals surface area contributed by atoms with E-state index in [-0.39, 0.29) is 11.7 Å². The third-order valence-electron chi connectivity index (χ3n) is 16.7. The van der Waals surface area contributed by atoms with Crippen molar-refractivity contribution in [2.45, 2.75) is 379 Å². The molecule has 2 fully saturated rings. The molecule has 0 aromatic carbocycles. The van der Waals surface area contributed by atoms with Crippen molar-refractivity contribution in [3.8, 4) is 0 Å². The van der Waals surface area contributed by atoms with E-state index in [1.54, 1.807) is 0 Å². The lowest BCUT2D eigenvalue weighted by Crippen LogP contribution is -2.53. The molecule has 0 radical (unpaired) electrons. The molecular weight excluding hydrogens is 919 g/mol. The molecule has 4 unspecified atom stereocenters. The molecule has 5 nitrogen and oxygen atoms in total. The van der Waals surface area contributed by atoms with Crippen molar-refractivity contribution in [1.82, 2.24) is 5.06 Å². The first kappa shape index (κ1) is 69.9. The van der Waals surface area contributed by atoms with Gasteiger partial charge in [0.05, 0.1) is 24.9 Å². The molecule has 5 heteroatoms. The zero-order chi connectivity index (χ0) is 53.9. The van der Waals surface area contributed by atoms with Gasteiger partial charge in [-0.05, 0) is 122 Å².